The average Bonchev–Trinajstić information content (AvgIpc) is 3.07. The largest absolute Gasteiger partial charge is 0.310 e. The number of hydrogen-bond acceptors (Lipinski definition) is 3. The smallest absolute Gasteiger partial charge is 0.207 e. The molecule has 0 saturated heterocycles. The Morgan fingerprint density at radius 2 is 1.92 bits per heavy atom. The Balaban J connectivity index is 1.69. The van der Waals surface area contributed by atoms with Gasteiger partial charge in [-0.2, -0.15) is 0 Å². The quantitative estimate of drug-likeness (QED) is 0.942. The molecule has 2 aromatic rings. The summed E-state index contributed by atoms with van der Waals surface area (Å²) in [6.07, 6.45) is 1.95. The number of nitrogens with one attached hydrogen (secondary N) is 1. The fraction of sp³-hybridized carbons (Fsp3) is 0.200. The predicted octanol–water partition coefficient (Wildman–Crippen LogP) is 3.50. The minimum atomic E-state index is 0.493. The van der Waals surface area contributed by atoms with Crippen LogP contribution in [0.2, 0.25) is 0 Å². The van der Waals surface area contributed by atoms with E-state index in [1.54, 1.807) is 0 Å². The highest BCUT2D eigenvalue weighted by Gasteiger charge is 2.32. The topological polar surface area (TPSA) is 42.7 Å². The van der Waals surface area contributed by atoms with Gasteiger partial charge in [-0.1, -0.05) is 60.2 Å². The highest BCUT2D eigenvalue weighted by molar-refractivity contribution is 6.13. The Morgan fingerprint density at radius 3 is 2.71 bits per heavy atom. The van der Waals surface area contributed by atoms with Gasteiger partial charge < -0.3 is 4.90 Å². The van der Waals surface area contributed by atoms with Crippen LogP contribution in [0.4, 0.5) is 0 Å². The normalized spacial score (nSPS) is 16.8. The van der Waals surface area contributed by atoms with Crippen molar-refractivity contribution in [1.82, 2.24) is 9.80 Å². The third-order valence-corrected chi connectivity index (χ3v) is 4.41. The van der Waals surface area contributed by atoms with E-state index < -0.39 is 0 Å². The van der Waals surface area contributed by atoms with Crippen molar-refractivity contribution in [2.45, 2.75) is 13.5 Å². The highest BCUT2D eigenvalue weighted by Crippen LogP contribution is 2.28. The van der Waals surface area contributed by atoms with Crippen LogP contribution in [-0.4, -0.2) is 34.7 Å². The van der Waals surface area contributed by atoms with Crippen LogP contribution in [0.25, 0.3) is 5.70 Å². The summed E-state index contributed by atoms with van der Waals surface area (Å²) >= 11 is 0. The highest BCUT2D eigenvalue weighted by atomic mass is 15.4. The van der Waals surface area contributed by atoms with E-state index in [4.69, 9.17) is 5.41 Å². The lowest BCUT2D eigenvalue weighted by atomic mass is 10.1. The molecule has 0 unspecified atom stereocenters. The van der Waals surface area contributed by atoms with E-state index in [-0.39, 0.29) is 0 Å². The molecule has 2 heterocycles. The van der Waals surface area contributed by atoms with Crippen LogP contribution >= 0.6 is 0 Å². The molecule has 0 aromatic heterocycles. The molecule has 0 fully saturated rings. The summed E-state index contributed by atoms with van der Waals surface area (Å²) < 4.78 is 0. The van der Waals surface area contributed by atoms with Crippen LogP contribution in [0.15, 0.2) is 65.7 Å². The molecule has 0 spiro atoms. The fourth-order valence-corrected chi connectivity index (χ4v) is 3.28. The molecule has 0 aliphatic carbocycles. The van der Waals surface area contributed by atoms with Crippen molar-refractivity contribution in [1.29, 1.82) is 5.41 Å². The SMILES string of the molecule is Cc1cccc(CN2C(=N)C=C(c3ccccc3)N3CCN=C23)c1. The van der Waals surface area contributed by atoms with Gasteiger partial charge in [-0.15, -0.1) is 0 Å². The van der Waals surface area contributed by atoms with Gasteiger partial charge in [0.05, 0.1) is 18.8 Å². The first-order valence-corrected chi connectivity index (χ1v) is 8.23. The van der Waals surface area contributed by atoms with Crippen LogP contribution in [0.5, 0.6) is 0 Å². The Bertz CT molecular complexity index is 836. The number of aliphatic imine (C=N–C) groups is 1. The summed E-state index contributed by atoms with van der Waals surface area (Å²) in [5, 5.41) is 8.52. The monoisotopic (exact) mass is 316 g/mol. The van der Waals surface area contributed by atoms with Crippen LogP contribution in [0, 0.1) is 12.3 Å². The summed E-state index contributed by atoms with van der Waals surface area (Å²) in [6, 6.07) is 18.7. The zero-order valence-corrected chi connectivity index (χ0v) is 13.7. The van der Waals surface area contributed by atoms with Crippen molar-refractivity contribution in [2.75, 3.05) is 13.1 Å². The first-order valence-electron chi connectivity index (χ1n) is 8.23. The molecule has 2 aliphatic heterocycles. The average molecular weight is 316 g/mol. The van der Waals surface area contributed by atoms with E-state index in [1.807, 2.05) is 29.2 Å². The standard InChI is InChI=1S/C20H20N4/c1-15-6-5-7-16(12-15)14-24-19(21)13-18(17-8-3-2-4-9-17)23-11-10-22-20(23)24/h2-9,12-13,21H,10-11,14H2,1H3. The Hall–Kier alpha value is -2.88. The lowest BCUT2D eigenvalue weighted by Crippen LogP contribution is -2.47. The molecular weight excluding hydrogens is 296 g/mol. The van der Waals surface area contributed by atoms with Gasteiger partial charge in [0, 0.05) is 12.6 Å². The second-order valence-corrected chi connectivity index (χ2v) is 6.19. The van der Waals surface area contributed by atoms with Crippen LogP contribution in [0.1, 0.15) is 16.7 Å². The molecular formula is C20H20N4. The predicted molar refractivity (Wildman–Crippen MR) is 97.9 cm³/mol. The van der Waals surface area contributed by atoms with Crippen molar-refractivity contribution < 1.29 is 0 Å². The molecule has 4 nitrogen and oxygen atoms in total. The maximum atomic E-state index is 8.52. The van der Waals surface area contributed by atoms with Gasteiger partial charge in [0.2, 0.25) is 5.96 Å². The van der Waals surface area contributed by atoms with Crippen molar-refractivity contribution in [3.8, 4) is 0 Å². The molecule has 0 amide bonds. The molecule has 0 bridgehead atoms. The summed E-state index contributed by atoms with van der Waals surface area (Å²) in [7, 11) is 0. The molecule has 0 atom stereocenters. The van der Waals surface area contributed by atoms with Crippen LogP contribution in [-0.2, 0) is 6.54 Å². The first kappa shape index (κ1) is 14.7. The molecule has 120 valence electrons. The van der Waals surface area contributed by atoms with Crippen LogP contribution < -0.4 is 0 Å². The van der Waals surface area contributed by atoms with Gasteiger partial charge in [0.15, 0.2) is 0 Å². The maximum Gasteiger partial charge on any atom is 0.207 e. The Kier molecular flexibility index (Phi) is 3.65. The van der Waals surface area contributed by atoms with Crippen molar-refractivity contribution in [3.63, 3.8) is 0 Å². The number of amidine groups is 1. The second-order valence-electron chi connectivity index (χ2n) is 6.19. The molecule has 0 saturated carbocycles. The van der Waals surface area contributed by atoms with E-state index in [2.05, 4.69) is 53.2 Å². The molecule has 2 aromatic carbocycles. The van der Waals surface area contributed by atoms with Gasteiger partial charge >= 0.3 is 0 Å². The molecule has 4 rings (SSSR count). The summed E-state index contributed by atoms with van der Waals surface area (Å²) in [5.74, 6) is 1.38. The number of nitrogens with zero attached hydrogens (tertiary/aromatic N) is 3. The second kappa shape index (κ2) is 5.96. The molecule has 0 radical (unpaired) electrons. The van der Waals surface area contributed by atoms with Crippen molar-refractivity contribution in [2.24, 2.45) is 4.99 Å². The number of rotatable bonds is 3. The third-order valence-electron chi connectivity index (χ3n) is 4.41. The summed E-state index contributed by atoms with van der Waals surface area (Å²) in [5.41, 5.74) is 4.64. The van der Waals surface area contributed by atoms with Crippen molar-refractivity contribution in [3.05, 3.63) is 77.4 Å². The van der Waals surface area contributed by atoms with E-state index in [0.29, 0.717) is 12.4 Å². The molecule has 24 heavy (non-hydrogen) atoms. The molecule has 1 N–H and O–H groups in total. The van der Waals surface area contributed by atoms with Gasteiger partial charge in [0.1, 0.15) is 5.84 Å². The minimum absolute atomic E-state index is 0.493. The zero-order chi connectivity index (χ0) is 16.5. The van der Waals surface area contributed by atoms with E-state index >= 15 is 0 Å². The fourth-order valence-electron chi connectivity index (χ4n) is 3.28. The van der Waals surface area contributed by atoms with E-state index in [0.717, 1.165) is 30.3 Å². The van der Waals surface area contributed by atoms with Gasteiger partial charge in [0.25, 0.3) is 0 Å². The summed E-state index contributed by atoms with van der Waals surface area (Å²) in [6.45, 7) is 4.41. The molecule has 4 heteroatoms. The Morgan fingerprint density at radius 1 is 1.08 bits per heavy atom. The minimum Gasteiger partial charge on any atom is -0.310 e. The number of guanidine groups is 1. The zero-order valence-electron chi connectivity index (χ0n) is 13.7. The Labute approximate surface area is 142 Å². The third kappa shape index (κ3) is 2.60. The number of fused-ring (bicyclic) bond motifs is 1. The number of aryl methyl sites for hydroxylation is 1. The van der Waals surface area contributed by atoms with Crippen LogP contribution in [0.3, 0.4) is 0 Å². The van der Waals surface area contributed by atoms with Crippen molar-refractivity contribution >= 4 is 17.5 Å². The maximum absolute atomic E-state index is 8.52. The van der Waals surface area contributed by atoms with E-state index in [1.165, 1.54) is 11.1 Å². The number of benzene rings is 2. The van der Waals surface area contributed by atoms with E-state index in [9.17, 15) is 0 Å². The van der Waals surface area contributed by atoms with Gasteiger partial charge in [-0.25, -0.2) is 0 Å². The lowest BCUT2D eigenvalue weighted by Gasteiger charge is -2.36. The van der Waals surface area contributed by atoms with Gasteiger partial charge in [-0.3, -0.25) is 15.3 Å². The number of hydrogen-bond donors (Lipinski definition) is 1. The van der Waals surface area contributed by atoms with Gasteiger partial charge in [-0.05, 0) is 18.1 Å². The first-order chi connectivity index (χ1) is 11.7. The lowest BCUT2D eigenvalue weighted by molar-refractivity contribution is 0.497. The summed E-state index contributed by atoms with van der Waals surface area (Å²) in [4.78, 5) is 8.89. The molecule has 2 aliphatic rings.